The van der Waals surface area contributed by atoms with E-state index in [0.29, 0.717) is 5.75 Å². The molecule has 106 valence electrons. The third kappa shape index (κ3) is 3.93. The van der Waals surface area contributed by atoms with Gasteiger partial charge in [-0.05, 0) is 30.2 Å². The summed E-state index contributed by atoms with van der Waals surface area (Å²) in [4.78, 5) is 11.3. The second-order valence-corrected chi connectivity index (χ2v) is 6.13. The molecule has 0 saturated carbocycles. The highest BCUT2D eigenvalue weighted by Gasteiger charge is 2.26. The summed E-state index contributed by atoms with van der Waals surface area (Å²) >= 11 is 0. The maximum absolute atomic E-state index is 12.1. The van der Waals surface area contributed by atoms with E-state index < -0.39 is 22.0 Å². The van der Waals surface area contributed by atoms with Gasteiger partial charge in [0.2, 0.25) is 15.9 Å². The third-order valence-electron chi connectivity index (χ3n) is 2.63. The van der Waals surface area contributed by atoms with E-state index in [1.165, 1.54) is 31.4 Å². The number of carbonyl (C=O) groups excluding carboxylic acids is 1. The average Bonchev–Trinajstić information content (AvgIpc) is 2.35. The Morgan fingerprint density at radius 1 is 1.26 bits per heavy atom. The normalized spacial score (nSPS) is 13.3. The van der Waals surface area contributed by atoms with E-state index in [4.69, 9.17) is 10.5 Å². The Hall–Kier alpha value is -1.60. The summed E-state index contributed by atoms with van der Waals surface area (Å²) < 4.78 is 31.4. The van der Waals surface area contributed by atoms with E-state index in [2.05, 4.69) is 4.72 Å². The van der Waals surface area contributed by atoms with Crippen LogP contribution in [0.4, 0.5) is 0 Å². The van der Waals surface area contributed by atoms with Crippen molar-refractivity contribution in [3.05, 3.63) is 24.3 Å². The molecule has 0 unspecified atom stereocenters. The molecule has 0 spiro atoms. The maximum atomic E-state index is 12.1. The molecule has 0 fully saturated rings. The number of carbonyl (C=O) groups is 1. The van der Waals surface area contributed by atoms with Crippen molar-refractivity contribution in [3.8, 4) is 5.75 Å². The molecule has 6 nitrogen and oxygen atoms in total. The summed E-state index contributed by atoms with van der Waals surface area (Å²) in [6.45, 7) is 3.43. The second-order valence-electron chi connectivity index (χ2n) is 4.42. The van der Waals surface area contributed by atoms with E-state index >= 15 is 0 Å². The molecule has 0 bridgehead atoms. The molecule has 1 atom stereocenters. The fraction of sp³-hybridized carbons (Fsp3) is 0.417. The minimum atomic E-state index is -3.78. The van der Waals surface area contributed by atoms with Gasteiger partial charge in [-0.1, -0.05) is 13.8 Å². The predicted molar refractivity (Wildman–Crippen MR) is 71.1 cm³/mol. The molecule has 3 N–H and O–H groups in total. The Morgan fingerprint density at radius 3 is 2.16 bits per heavy atom. The van der Waals surface area contributed by atoms with Gasteiger partial charge in [0.15, 0.2) is 0 Å². The molecule has 0 saturated heterocycles. The lowest BCUT2D eigenvalue weighted by Gasteiger charge is -2.18. The minimum Gasteiger partial charge on any atom is -0.497 e. The maximum Gasteiger partial charge on any atom is 0.241 e. The van der Waals surface area contributed by atoms with Crippen molar-refractivity contribution in [2.24, 2.45) is 11.7 Å². The van der Waals surface area contributed by atoms with Gasteiger partial charge in [-0.25, -0.2) is 8.42 Å². The van der Waals surface area contributed by atoms with Crippen molar-refractivity contribution in [2.45, 2.75) is 24.8 Å². The average molecular weight is 286 g/mol. The lowest BCUT2D eigenvalue weighted by molar-refractivity contribution is -0.120. The van der Waals surface area contributed by atoms with Gasteiger partial charge in [-0.15, -0.1) is 0 Å². The van der Waals surface area contributed by atoms with Crippen LogP contribution in [0.2, 0.25) is 0 Å². The third-order valence-corrected chi connectivity index (χ3v) is 4.08. The van der Waals surface area contributed by atoms with Gasteiger partial charge >= 0.3 is 0 Å². The number of benzene rings is 1. The van der Waals surface area contributed by atoms with E-state index in [-0.39, 0.29) is 10.8 Å². The Morgan fingerprint density at radius 2 is 1.79 bits per heavy atom. The van der Waals surface area contributed by atoms with Gasteiger partial charge in [-0.3, -0.25) is 4.79 Å². The van der Waals surface area contributed by atoms with E-state index in [1.807, 2.05) is 0 Å². The number of primary amides is 1. The lowest BCUT2D eigenvalue weighted by Crippen LogP contribution is -2.47. The zero-order valence-electron chi connectivity index (χ0n) is 11.1. The van der Waals surface area contributed by atoms with Crippen LogP contribution in [0.3, 0.4) is 0 Å². The summed E-state index contributed by atoms with van der Waals surface area (Å²) in [7, 11) is -2.29. The smallest absolute Gasteiger partial charge is 0.241 e. The molecule has 7 heteroatoms. The van der Waals surface area contributed by atoms with Crippen LogP contribution in [0.25, 0.3) is 0 Å². The number of hydrogen-bond acceptors (Lipinski definition) is 4. The molecule has 0 aliphatic rings. The van der Waals surface area contributed by atoms with Crippen LogP contribution in [0.15, 0.2) is 29.2 Å². The van der Waals surface area contributed by atoms with Crippen molar-refractivity contribution in [1.82, 2.24) is 4.72 Å². The van der Waals surface area contributed by atoms with Crippen LogP contribution in [-0.4, -0.2) is 27.5 Å². The van der Waals surface area contributed by atoms with Crippen molar-refractivity contribution in [3.63, 3.8) is 0 Å². The molecule has 0 heterocycles. The Bertz CT molecular complexity index is 537. The van der Waals surface area contributed by atoms with Gasteiger partial charge in [0, 0.05) is 0 Å². The first-order valence-electron chi connectivity index (χ1n) is 5.73. The number of hydrogen-bond donors (Lipinski definition) is 2. The van der Waals surface area contributed by atoms with Crippen LogP contribution >= 0.6 is 0 Å². The summed E-state index contributed by atoms with van der Waals surface area (Å²) in [5.74, 6) is -0.383. The van der Waals surface area contributed by atoms with E-state index in [9.17, 15) is 13.2 Å². The summed E-state index contributed by atoms with van der Waals surface area (Å²) in [6.07, 6.45) is 0. The fourth-order valence-corrected chi connectivity index (χ4v) is 2.87. The standard InChI is InChI=1S/C12H18N2O4S/c1-8(2)11(12(13)15)14-19(16,17)10-6-4-9(18-3)5-7-10/h4-8,11,14H,1-3H3,(H2,13,15)/t11-/m1/s1. The number of ether oxygens (including phenoxy) is 1. The molecule has 1 aromatic rings. The highest BCUT2D eigenvalue weighted by molar-refractivity contribution is 7.89. The van der Waals surface area contributed by atoms with Gasteiger partial charge in [0.25, 0.3) is 0 Å². The number of amides is 1. The first-order chi connectivity index (χ1) is 8.77. The van der Waals surface area contributed by atoms with Crippen LogP contribution < -0.4 is 15.2 Å². The molecule has 1 rings (SSSR count). The van der Waals surface area contributed by atoms with Gasteiger partial charge in [0.1, 0.15) is 11.8 Å². The van der Waals surface area contributed by atoms with Crippen molar-refractivity contribution in [2.75, 3.05) is 7.11 Å². The van der Waals surface area contributed by atoms with Crippen LogP contribution in [-0.2, 0) is 14.8 Å². The van der Waals surface area contributed by atoms with Crippen molar-refractivity contribution < 1.29 is 17.9 Å². The number of nitrogens with two attached hydrogens (primary N) is 1. The molecular weight excluding hydrogens is 268 g/mol. The zero-order valence-corrected chi connectivity index (χ0v) is 11.9. The SMILES string of the molecule is COc1ccc(S(=O)(=O)N[C@@H](C(N)=O)C(C)C)cc1. The molecule has 0 radical (unpaired) electrons. The Labute approximate surface area is 113 Å². The number of methoxy groups -OCH3 is 1. The fourth-order valence-electron chi connectivity index (χ4n) is 1.51. The Kier molecular flexibility index (Phi) is 4.90. The van der Waals surface area contributed by atoms with Crippen molar-refractivity contribution in [1.29, 1.82) is 0 Å². The van der Waals surface area contributed by atoms with Gasteiger partial charge < -0.3 is 10.5 Å². The quantitative estimate of drug-likeness (QED) is 0.794. The molecule has 19 heavy (non-hydrogen) atoms. The topological polar surface area (TPSA) is 98.5 Å². The monoisotopic (exact) mass is 286 g/mol. The first kappa shape index (κ1) is 15.5. The predicted octanol–water partition coefficient (Wildman–Crippen LogP) is 0.483. The molecular formula is C12H18N2O4S. The minimum absolute atomic E-state index is 0.0557. The van der Waals surface area contributed by atoms with Gasteiger partial charge in [-0.2, -0.15) is 4.72 Å². The summed E-state index contributed by atoms with van der Waals surface area (Å²) in [5, 5.41) is 0. The van der Waals surface area contributed by atoms with E-state index in [0.717, 1.165) is 0 Å². The number of sulfonamides is 1. The number of nitrogens with one attached hydrogen (secondary N) is 1. The molecule has 1 amide bonds. The zero-order chi connectivity index (χ0) is 14.6. The highest BCUT2D eigenvalue weighted by atomic mass is 32.2. The van der Waals surface area contributed by atoms with Gasteiger partial charge in [0.05, 0.1) is 12.0 Å². The second kappa shape index (κ2) is 6.03. The van der Waals surface area contributed by atoms with Crippen LogP contribution in [0.5, 0.6) is 5.75 Å². The largest absolute Gasteiger partial charge is 0.497 e. The first-order valence-corrected chi connectivity index (χ1v) is 7.22. The Balaban J connectivity index is 2.99. The summed E-state index contributed by atoms with van der Waals surface area (Å²) in [5.41, 5.74) is 5.18. The van der Waals surface area contributed by atoms with Crippen molar-refractivity contribution >= 4 is 15.9 Å². The highest BCUT2D eigenvalue weighted by Crippen LogP contribution is 2.16. The molecule has 0 aliphatic heterocycles. The summed E-state index contributed by atoms with van der Waals surface area (Å²) in [6, 6.07) is 4.93. The van der Waals surface area contributed by atoms with Crippen LogP contribution in [0, 0.1) is 5.92 Å². The molecule has 0 aliphatic carbocycles. The molecule has 0 aromatic heterocycles. The lowest BCUT2D eigenvalue weighted by atomic mass is 10.1. The molecule has 1 aromatic carbocycles. The number of rotatable bonds is 6. The van der Waals surface area contributed by atoms with E-state index in [1.54, 1.807) is 13.8 Å². The van der Waals surface area contributed by atoms with Crippen LogP contribution in [0.1, 0.15) is 13.8 Å².